The molecule has 59 heavy (non-hydrogen) atoms. The molecule has 2 aliphatic heterocycles. The van der Waals surface area contributed by atoms with Crippen molar-refractivity contribution in [3.8, 4) is 16.9 Å². The van der Waals surface area contributed by atoms with Crippen molar-refractivity contribution in [2.75, 3.05) is 30.3 Å². The van der Waals surface area contributed by atoms with Gasteiger partial charge in [-0.3, -0.25) is 48.5 Å². The molecular formula is C41H39FN8O9. The Balaban J connectivity index is 0.930. The quantitative estimate of drug-likeness (QED) is 0.0587. The molecule has 3 aromatic heterocycles. The van der Waals surface area contributed by atoms with E-state index in [9.17, 15) is 38.7 Å². The third kappa shape index (κ3) is 8.15. The van der Waals surface area contributed by atoms with Gasteiger partial charge in [0, 0.05) is 75.2 Å². The number of benzene rings is 2. The first-order valence-corrected chi connectivity index (χ1v) is 18.7. The van der Waals surface area contributed by atoms with Crippen LogP contribution >= 0.6 is 0 Å². The number of carbonyl (C=O) groups excluding carboxylic acids is 7. The number of nitrogens with one attached hydrogen (secondary N) is 4. The number of Topliss-reactive ketones (excluding diaryl/α,β-unsaturated/α-hetero) is 1. The van der Waals surface area contributed by atoms with Crippen molar-refractivity contribution in [3.05, 3.63) is 101 Å². The molecule has 0 aliphatic carbocycles. The van der Waals surface area contributed by atoms with E-state index in [-0.39, 0.29) is 84.3 Å². The van der Waals surface area contributed by atoms with Gasteiger partial charge < -0.3 is 30.2 Å². The molecule has 7 rings (SSSR count). The Hall–Kier alpha value is -7.21. The lowest BCUT2D eigenvalue weighted by Crippen LogP contribution is -2.54. The minimum absolute atomic E-state index is 0.0119. The number of ether oxygens (including phenoxy) is 1. The van der Waals surface area contributed by atoms with E-state index in [0.717, 1.165) is 4.90 Å². The average Bonchev–Trinajstić information content (AvgIpc) is 3.89. The molecule has 5 aromatic rings. The number of rotatable bonds is 15. The van der Waals surface area contributed by atoms with Gasteiger partial charge in [0.1, 0.15) is 11.8 Å². The van der Waals surface area contributed by atoms with Crippen LogP contribution in [0.1, 0.15) is 79.7 Å². The van der Waals surface area contributed by atoms with Crippen molar-refractivity contribution in [3.63, 3.8) is 0 Å². The molecular weight excluding hydrogens is 767 g/mol. The Kier molecular flexibility index (Phi) is 11.3. The Morgan fingerprint density at radius 2 is 1.83 bits per heavy atom. The van der Waals surface area contributed by atoms with Gasteiger partial charge in [0.05, 0.1) is 53.0 Å². The van der Waals surface area contributed by atoms with Gasteiger partial charge in [-0.2, -0.15) is 5.10 Å². The van der Waals surface area contributed by atoms with Crippen LogP contribution in [-0.4, -0.2) is 91.2 Å². The zero-order valence-corrected chi connectivity index (χ0v) is 32.0. The summed E-state index contributed by atoms with van der Waals surface area (Å²) in [6, 6.07) is 11.0. The number of carbonyl (C=O) groups is 7. The molecule has 18 heteroatoms. The number of nitrogens with zero attached hydrogens (tertiary/aromatic N) is 4. The summed E-state index contributed by atoms with van der Waals surface area (Å²) in [5.41, 5.74) is 2.02. The number of hydrogen-bond acceptors (Lipinski definition) is 11. The standard InChI is InChI=1S/C41H39FN8O9/c1-22(52)32-18-28(38(55)46-30-16-23(21-51)15-27(37(30)42)24-19-45-48(2)20-24)33-17-25(10-13-49(32)33)59-14-4-7-34(53)44-12-11-43-29-6-3-5-26-36(29)41(58)50(40(26)57)31-8-9-35(54)47-39(31)56/h3,5-6,10,13,15-20,31,43,51H,4,7-9,11-12,14,21H2,1-2H3,(H,44,53)(H,46,55)(H,47,54,56). The van der Waals surface area contributed by atoms with Crippen LogP contribution in [-0.2, 0) is 28.0 Å². The third-order valence-electron chi connectivity index (χ3n) is 9.97. The van der Waals surface area contributed by atoms with Crippen molar-refractivity contribution in [1.82, 2.24) is 29.7 Å². The predicted molar refractivity (Wildman–Crippen MR) is 209 cm³/mol. The Morgan fingerprint density at radius 1 is 1.02 bits per heavy atom. The fraction of sp³-hybridized carbons (Fsp3) is 0.268. The molecule has 1 saturated heterocycles. The molecule has 2 aliphatic rings. The highest BCUT2D eigenvalue weighted by Gasteiger charge is 2.45. The van der Waals surface area contributed by atoms with Crippen LogP contribution in [0.2, 0.25) is 0 Å². The average molecular weight is 807 g/mol. The highest BCUT2D eigenvalue weighted by atomic mass is 19.1. The van der Waals surface area contributed by atoms with Crippen LogP contribution < -0.4 is 26.0 Å². The van der Waals surface area contributed by atoms with Gasteiger partial charge in [-0.1, -0.05) is 6.07 Å². The molecule has 5 heterocycles. The van der Waals surface area contributed by atoms with Crippen molar-refractivity contribution in [1.29, 1.82) is 0 Å². The molecule has 0 saturated carbocycles. The molecule has 17 nitrogen and oxygen atoms in total. The summed E-state index contributed by atoms with van der Waals surface area (Å²) in [5.74, 6) is -4.06. The first kappa shape index (κ1) is 40.0. The van der Waals surface area contributed by atoms with E-state index in [1.54, 1.807) is 43.7 Å². The summed E-state index contributed by atoms with van der Waals surface area (Å²) in [6.07, 6.45) is 5.14. The monoisotopic (exact) mass is 806 g/mol. The van der Waals surface area contributed by atoms with Gasteiger partial charge in [-0.25, -0.2) is 4.39 Å². The highest BCUT2D eigenvalue weighted by Crippen LogP contribution is 2.33. The summed E-state index contributed by atoms with van der Waals surface area (Å²) in [7, 11) is 1.68. The summed E-state index contributed by atoms with van der Waals surface area (Å²) < 4.78 is 24.6. The smallest absolute Gasteiger partial charge is 0.264 e. The van der Waals surface area contributed by atoms with E-state index in [2.05, 4.69) is 26.4 Å². The largest absolute Gasteiger partial charge is 0.493 e. The molecule has 1 unspecified atom stereocenters. The summed E-state index contributed by atoms with van der Waals surface area (Å²) in [4.78, 5) is 90.0. The van der Waals surface area contributed by atoms with E-state index in [1.807, 2.05) is 0 Å². The second kappa shape index (κ2) is 16.7. The van der Waals surface area contributed by atoms with E-state index in [0.29, 0.717) is 34.5 Å². The molecule has 0 spiro atoms. The zero-order chi connectivity index (χ0) is 42.0. The molecule has 0 bridgehead atoms. The van der Waals surface area contributed by atoms with Gasteiger partial charge in [-0.15, -0.1) is 0 Å². The molecule has 6 amide bonds. The number of pyridine rings is 1. The maximum atomic E-state index is 15.7. The minimum Gasteiger partial charge on any atom is -0.493 e. The lowest BCUT2D eigenvalue weighted by atomic mass is 10.0. The van der Waals surface area contributed by atoms with Crippen LogP contribution in [0.25, 0.3) is 16.6 Å². The maximum Gasteiger partial charge on any atom is 0.264 e. The lowest BCUT2D eigenvalue weighted by Gasteiger charge is -2.27. The zero-order valence-electron chi connectivity index (χ0n) is 32.0. The van der Waals surface area contributed by atoms with Crippen LogP contribution in [0, 0.1) is 5.82 Å². The molecule has 5 N–H and O–H groups in total. The Bertz CT molecular complexity index is 2560. The summed E-state index contributed by atoms with van der Waals surface area (Å²) in [6.45, 7) is 1.50. The van der Waals surface area contributed by atoms with Gasteiger partial charge in [0.2, 0.25) is 17.7 Å². The number of halogens is 1. The SMILES string of the molecule is CC(=O)c1cc(C(=O)Nc2cc(CO)cc(-c3cnn(C)c3)c2F)c2cc(OCCCC(=O)NCCNc3cccc4c3C(=O)N(C3CCC(=O)NC3=O)C4=O)ccn12. The number of piperidine rings is 1. The van der Waals surface area contributed by atoms with E-state index in [4.69, 9.17) is 4.74 Å². The molecule has 0 radical (unpaired) electrons. The van der Waals surface area contributed by atoms with Gasteiger partial charge in [0.15, 0.2) is 11.6 Å². The minimum atomic E-state index is -1.08. The number of ketones is 1. The first-order valence-electron chi connectivity index (χ1n) is 18.7. The third-order valence-corrected chi connectivity index (χ3v) is 9.97. The number of aryl methyl sites for hydroxylation is 1. The summed E-state index contributed by atoms with van der Waals surface area (Å²) in [5, 5.41) is 24.5. The normalized spacial score (nSPS) is 15.0. The number of aliphatic hydroxyl groups is 1. The fourth-order valence-corrected chi connectivity index (χ4v) is 7.12. The number of aliphatic hydroxyl groups excluding tert-OH is 1. The number of amides is 6. The van der Waals surface area contributed by atoms with Crippen molar-refractivity contribution in [2.24, 2.45) is 7.05 Å². The predicted octanol–water partition coefficient (Wildman–Crippen LogP) is 3.21. The van der Waals surface area contributed by atoms with Crippen LogP contribution in [0.3, 0.4) is 0 Å². The van der Waals surface area contributed by atoms with Crippen LogP contribution in [0.15, 0.2) is 67.1 Å². The highest BCUT2D eigenvalue weighted by molar-refractivity contribution is 6.25. The fourth-order valence-electron chi connectivity index (χ4n) is 7.12. The number of hydrogen-bond donors (Lipinski definition) is 5. The second-order valence-electron chi connectivity index (χ2n) is 14.0. The van der Waals surface area contributed by atoms with Gasteiger partial charge >= 0.3 is 0 Å². The Labute approximate surface area is 335 Å². The lowest BCUT2D eigenvalue weighted by molar-refractivity contribution is -0.136. The Morgan fingerprint density at radius 3 is 2.56 bits per heavy atom. The first-order chi connectivity index (χ1) is 28.3. The van der Waals surface area contributed by atoms with Crippen molar-refractivity contribution >= 4 is 58.1 Å². The van der Waals surface area contributed by atoms with E-state index >= 15 is 4.39 Å². The summed E-state index contributed by atoms with van der Waals surface area (Å²) >= 11 is 0. The molecule has 2 aromatic carbocycles. The topological polar surface area (TPSA) is 223 Å². The molecule has 1 atom stereocenters. The van der Waals surface area contributed by atoms with Crippen molar-refractivity contribution < 1.29 is 47.8 Å². The van der Waals surface area contributed by atoms with Crippen molar-refractivity contribution in [2.45, 2.75) is 45.3 Å². The van der Waals surface area contributed by atoms with Gasteiger partial charge in [-0.05, 0) is 54.8 Å². The number of imide groups is 2. The van der Waals surface area contributed by atoms with E-state index < -0.39 is 48.0 Å². The van der Waals surface area contributed by atoms with Gasteiger partial charge in [0.25, 0.3) is 17.7 Å². The molecule has 304 valence electrons. The van der Waals surface area contributed by atoms with Crippen LogP contribution in [0.5, 0.6) is 5.75 Å². The maximum absolute atomic E-state index is 15.7. The molecule has 1 fully saturated rings. The number of anilines is 2. The number of aromatic nitrogens is 3. The van der Waals surface area contributed by atoms with Crippen LogP contribution in [0.4, 0.5) is 15.8 Å². The van der Waals surface area contributed by atoms with E-state index in [1.165, 1.54) is 46.5 Å². The number of fused-ring (bicyclic) bond motifs is 2. The second-order valence-corrected chi connectivity index (χ2v) is 14.0.